The van der Waals surface area contributed by atoms with Crippen molar-refractivity contribution in [3.05, 3.63) is 65.6 Å². The molecule has 0 radical (unpaired) electrons. The highest BCUT2D eigenvalue weighted by molar-refractivity contribution is 7.98. The lowest BCUT2D eigenvalue weighted by Crippen LogP contribution is -2.02. The van der Waals surface area contributed by atoms with Gasteiger partial charge < -0.3 is 0 Å². The van der Waals surface area contributed by atoms with Gasteiger partial charge in [-0.1, -0.05) is 25.1 Å². The van der Waals surface area contributed by atoms with E-state index in [9.17, 15) is 0 Å². The largest absolute Gasteiger partial charge is 0.264 e. The molecule has 1 aromatic carbocycles. The van der Waals surface area contributed by atoms with Crippen LogP contribution in [0.25, 0.3) is 22.4 Å². The van der Waals surface area contributed by atoms with E-state index in [4.69, 9.17) is 0 Å². The fraction of sp³-hybridized carbons (Fsp3) is 0.158. The molecule has 3 aromatic rings. The highest BCUT2D eigenvalue weighted by Gasteiger charge is 2.32. The maximum absolute atomic E-state index is 4.64. The molecule has 1 aliphatic heterocycles. The molecule has 22 heavy (non-hydrogen) atoms. The summed E-state index contributed by atoms with van der Waals surface area (Å²) in [6, 6.07) is 11.0. The summed E-state index contributed by atoms with van der Waals surface area (Å²) in [6.45, 7) is 2.30. The number of hydrogen-bond donors (Lipinski definition) is 0. The maximum atomic E-state index is 4.64. The number of rotatable bonds is 0. The number of thioether (sulfide) groups is 1. The Morgan fingerprint density at radius 1 is 1.09 bits per heavy atom. The summed E-state index contributed by atoms with van der Waals surface area (Å²) in [7, 11) is 0. The zero-order valence-corrected chi connectivity index (χ0v) is 13.0. The summed E-state index contributed by atoms with van der Waals surface area (Å²) in [6.07, 6.45) is 5.79. The zero-order chi connectivity index (χ0) is 14.7. The summed E-state index contributed by atoms with van der Waals surface area (Å²) in [5.41, 5.74) is 9.43. The first kappa shape index (κ1) is 12.4. The van der Waals surface area contributed by atoms with Crippen molar-refractivity contribution in [3.8, 4) is 22.4 Å². The smallest absolute Gasteiger partial charge is 0.0743 e. The van der Waals surface area contributed by atoms with Gasteiger partial charge in [-0.2, -0.15) is 0 Å². The van der Waals surface area contributed by atoms with E-state index in [2.05, 4.69) is 41.2 Å². The Balaban J connectivity index is 1.87. The van der Waals surface area contributed by atoms with Gasteiger partial charge in [-0.15, -0.1) is 11.8 Å². The van der Waals surface area contributed by atoms with Crippen LogP contribution in [0.2, 0.25) is 0 Å². The quantitative estimate of drug-likeness (QED) is 0.592. The highest BCUT2D eigenvalue weighted by Crippen LogP contribution is 2.52. The molecule has 0 amide bonds. The van der Waals surface area contributed by atoms with Gasteiger partial charge in [0.15, 0.2) is 0 Å². The van der Waals surface area contributed by atoms with E-state index in [1.54, 1.807) is 0 Å². The lowest BCUT2D eigenvalue weighted by Gasteiger charge is -2.23. The fourth-order valence-corrected chi connectivity index (χ4v) is 4.78. The van der Waals surface area contributed by atoms with Crippen molar-refractivity contribution in [1.82, 2.24) is 9.97 Å². The molecule has 1 atom stereocenters. The molecule has 2 aromatic heterocycles. The third-order valence-corrected chi connectivity index (χ3v) is 5.85. The summed E-state index contributed by atoms with van der Waals surface area (Å²) in [5, 5.41) is 0. The predicted molar refractivity (Wildman–Crippen MR) is 90.0 cm³/mol. The predicted octanol–water partition coefficient (Wildman–Crippen LogP) is 4.88. The van der Waals surface area contributed by atoms with Gasteiger partial charge in [0.2, 0.25) is 0 Å². The summed E-state index contributed by atoms with van der Waals surface area (Å²) < 4.78 is 0. The van der Waals surface area contributed by atoms with E-state index < -0.39 is 0 Å². The Hall–Kier alpha value is -2.13. The first-order chi connectivity index (χ1) is 10.8. The third-order valence-electron chi connectivity index (χ3n) is 4.76. The van der Waals surface area contributed by atoms with Gasteiger partial charge in [0.25, 0.3) is 0 Å². The van der Waals surface area contributed by atoms with Crippen LogP contribution in [0.3, 0.4) is 0 Å². The highest BCUT2D eigenvalue weighted by atomic mass is 32.2. The van der Waals surface area contributed by atoms with Crippen molar-refractivity contribution in [1.29, 1.82) is 0 Å². The Morgan fingerprint density at radius 3 is 3.00 bits per heavy atom. The molecular formula is C19H14N2S. The minimum absolute atomic E-state index is 0.401. The first-order valence-corrected chi connectivity index (χ1v) is 8.51. The molecule has 2 nitrogen and oxygen atoms in total. The second-order valence-electron chi connectivity index (χ2n) is 5.88. The summed E-state index contributed by atoms with van der Waals surface area (Å²) >= 11 is 1.88. The van der Waals surface area contributed by atoms with Gasteiger partial charge in [0, 0.05) is 40.7 Å². The van der Waals surface area contributed by atoms with Gasteiger partial charge in [0.1, 0.15) is 0 Å². The van der Waals surface area contributed by atoms with Crippen LogP contribution in [0.5, 0.6) is 0 Å². The number of aromatic nitrogens is 2. The average molecular weight is 302 g/mol. The minimum Gasteiger partial charge on any atom is -0.264 e. The third kappa shape index (κ3) is 1.52. The topological polar surface area (TPSA) is 25.8 Å². The molecule has 3 heterocycles. The number of nitrogens with zero attached hydrogens (tertiary/aromatic N) is 2. The number of benzene rings is 1. The average Bonchev–Trinajstić information content (AvgIpc) is 2.88. The van der Waals surface area contributed by atoms with Gasteiger partial charge in [-0.25, -0.2) is 0 Å². The van der Waals surface area contributed by atoms with E-state index >= 15 is 0 Å². The van der Waals surface area contributed by atoms with Crippen molar-refractivity contribution in [3.63, 3.8) is 0 Å². The summed E-state index contributed by atoms with van der Waals surface area (Å²) in [4.78, 5) is 10.2. The molecular weight excluding hydrogens is 288 g/mol. The van der Waals surface area contributed by atoms with Crippen LogP contribution in [0.1, 0.15) is 29.5 Å². The number of fused-ring (bicyclic) bond motifs is 7. The van der Waals surface area contributed by atoms with Gasteiger partial charge >= 0.3 is 0 Å². The lowest BCUT2D eigenvalue weighted by atomic mass is 9.88. The Morgan fingerprint density at radius 2 is 2.05 bits per heavy atom. The van der Waals surface area contributed by atoms with Gasteiger partial charge in [0.05, 0.1) is 5.69 Å². The second kappa shape index (κ2) is 4.43. The number of pyridine rings is 2. The van der Waals surface area contributed by atoms with Crippen molar-refractivity contribution >= 4 is 11.8 Å². The monoisotopic (exact) mass is 302 g/mol. The molecule has 0 saturated carbocycles. The molecule has 2 aliphatic rings. The van der Waals surface area contributed by atoms with E-state index in [1.807, 2.05) is 36.4 Å². The normalized spacial score (nSPS) is 17.4. The van der Waals surface area contributed by atoms with E-state index in [0.717, 1.165) is 11.4 Å². The molecule has 3 heteroatoms. The standard InChI is InChI=1S/C19H14N2S/c1-11-13-3-2-7-21-19(13)15-5-4-12-10-22-16-9-20-8-6-14(16)18(12)17(11)15/h2-9,11H,10H2,1H3. The first-order valence-electron chi connectivity index (χ1n) is 7.53. The SMILES string of the molecule is CC1c2cccnc2-c2ccc3c(c21)-c1ccncc1SC3. The van der Waals surface area contributed by atoms with Crippen molar-refractivity contribution < 1.29 is 0 Å². The zero-order valence-electron chi connectivity index (χ0n) is 12.2. The second-order valence-corrected chi connectivity index (χ2v) is 6.90. The van der Waals surface area contributed by atoms with Gasteiger partial charge in [-0.3, -0.25) is 9.97 Å². The maximum Gasteiger partial charge on any atom is 0.0743 e. The summed E-state index contributed by atoms with van der Waals surface area (Å²) in [5.74, 6) is 1.43. The van der Waals surface area contributed by atoms with Crippen molar-refractivity contribution in [2.45, 2.75) is 23.5 Å². The molecule has 106 valence electrons. The van der Waals surface area contributed by atoms with Crippen LogP contribution < -0.4 is 0 Å². The molecule has 0 saturated heterocycles. The van der Waals surface area contributed by atoms with Crippen LogP contribution in [0, 0.1) is 0 Å². The van der Waals surface area contributed by atoms with E-state index in [0.29, 0.717) is 5.92 Å². The van der Waals surface area contributed by atoms with Gasteiger partial charge in [-0.05, 0) is 39.9 Å². The van der Waals surface area contributed by atoms with Crippen LogP contribution >= 0.6 is 11.8 Å². The molecule has 0 N–H and O–H groups in total. The van der Waals surface area contributed by atoms with E-state index in [-0.39, 0.29) is 0 Å². The number of hydrogen-bond acceptors (Lipinski definition) is 3. The van der Waals surface area contributed by atoms with Crippen LogP contribution in [-0.4, -0.2) is 9.97 Å². The molecule has 1 aliphatic carbocycles. The molecule has 0 fully saturated rings. The Labute approximate surface area is 133 Å². The Kier molecular flexibility index (Phi) is 2.50. The van der Waals surface area contributed by atoms with E-state index in [1.165, 1.54) is 38.3 Å². The molecule has 0 spiro atoms. The Bertz CT molecular complexity index is 917. The molecule has 5 rings (SSSR count). The fourth-order valence-electron chi connectivity index (χ4n) is 3.76. The van der Waals surface area contributed by atoms with Crippen LogP contribution in [-0.2, 0) is 5.75 Å². The van der Waals surface area contributed by atoms with Crippen LogP contribution in [0.4, 0.5) is 0 Å². The van der Waals surface area contributed by atoms with Crippen LogP contribution in [0.15, 0.2) is 53.8 Å². The minimum atomic E-state index is 0.401. The van der Waals surface area contributed by atoms with Crippen molar-refractivity contribution in [2.24, 2.45) is 0 Å². The lowest BCUT2D eigenvalue weighted by molar-refractivity contribution is 0.949. The molecule has 0 bridgehead atoms. The van der Waals surface area contributed by atoms with Crippen molar-refractivity contribution in [2.75, 3.05) is 0 Å². The molecule has 1 unspecified atom stereocenters.